The Labute approximate surface area is 77.2 Å². The third kappa shape index (κ3) is 1.47. The fourth-order valence-electron chi connectivity index (χ4n) is 1.29. The molecule has 0 N–H and O–H groups in total. The average molecular weight is 172 g/mol. The molecule has 0 aliphatic carbocycles. The molecule has 0 bridgehead atoms. The van der Waals surface area contributed by atoms with Crippen molar-refractivity contribution in [2.24, 2.45) is 0 Å². The molecule has 1 heterocycles. The van der Waals surface area contributed by atoms with Gasteiger partial charge in [-0.25, -0.2) is 4.98 Å². The Bertz CT molecular complexity index is 437. The Hall–Kier alpha value is -1.57. The molecule has 1 aromatic heterocycles. The van der Waals surface area contributed by atoms with Crippen molar-refractivity contribution in [2.75, 3.05) is 7.11 Å². The standard InChI is InChI=1S/C11H10NO/c1-8-5-9-6-10(13-2)3-4-11(9)12-7-8/h3-6H,1-2H3. The lowest BCUT2D eigenvalue weighted by Gasteiger charge is -2.01. The van der Waals surface area contributed by atoms with Gasteiger partial charge in [0.15, 0.2) is 0 Å². The number of aromatic nitrogens is 1. The topological polar surface area (TPSA) is 22.1 Å². The number of fused-ring (bicyclic) bond motifs is 1. The zero-order valence-electron chi connectivity index (χ0n) is 7.66. The summed E-state index contributed by atoms with van der Waals surface area (Å²) in [6.07, 6.45) is 2.92. The molecule has 0 fully saturated rings. The number of aryl methyl sites for hydroxylation is 1. The second-order valence-electron chi connectivity index (χ2n) is 2.98. The first-order valence-electron chi connectivity index (χ1n) is 4.12. The Morgan fingerprint density at radius 3 is 2.92 bits per heavy atom. The van der Waals surface area contributed by atoms with Gasteiger partial charge >= 0.3 is 0 Å². The SMILES string of the molecule is COc1ccc2n[c]c(C)cc2c1. The molecule has 13 heavy (non-hydrogen) atoms. The van der Waals surface area contributed by atoms with Crippen LogP contribution in [0.2, 0.25) is 0 Å². The van der Waals surface area contributed by atoms with Crippen LogP contribution in [-0.2, 0) is 0 Å². The van der Waals surface area contributed by atoms with E-state index >= 15 is 0 Å². The monoisotopic (exact) mass is 172 g/mol. The molecule has 2 aromatic rings. The van der Waals surface area contributed by atoms with Crippen LogP contribution in [0.25, 0.3) is 10.9 Å². The van der Waals surface area contributed by atoms with Gasteiger partial charge in [0.05, 0.1) is 18.8 Å². The molecule has 0 aliphatic heterocycles. The molecule has 2 nitrogen and oxygen atoms in total. The van der Waals surface area contributed by atoms with Crippen LogP contribution in [0.15, 0.2) is 24.3 Å². The van der Waals surface area contributed by atoms with E-state index in [0.717, 1.165) is 22.2 Å². The Balaban J connectivity index is 2.68. The van der Waals surface area contributed by atoms with E-state index in [2.05, 4.69) is 11.2 Å². The fourth-order valence-corrected chi connectivity index (χ4v) is 1.29. The number of rotatable bonds is 1. The zero-order valence-corrected chi connectivity index (χ0v) is 7.66. The summed E-state index contributed by atoms with van der Waals surface area (Å²) >= 11 is 0. The van der Waals surface area contributed by atoms with E-state index in [-0.39, 0.29) is 0 Å². The quantitative estimate of drug-likeness (QED) is 0.658. The van der Waals surface area contributed by atoms with Crippen molar-refractivity contribution in [1.82, 2.24) is 4.98 Å². The lowest BCUT2D eigenvalue weighted by molar-refractivity contribution is 0.415. The van der Waals surface area contributed by atoms with Gasteiger partial charge in [0.1, 0.15) is 5.75 Å². The maximum atomic E-state index is 5.12. The molecule has 0 atom stereocenters. The Kier molecular flexibility index (Phi) is 1.89. The third-order valence-corrected chi connectivity index (χ3v) is 1.96. The first-order valence-corrected chi connectivity index (χ1v) is 4.12. The van der Waals surface area contributed by atoms with Gasteiger partial charge in [-0.3, -0.25) is 0 Å². The minimum Gasteiger partial charge on any atom is -0.497 e. The van der Waals surface area contributed by atoms with Gasteiger partial charge in [0.25, 0.3) is 0 Å². The summed E-state index contributed by atoms with van der Waals surface area (Å²) in [5.41, 5.74) is 1.99. The molecule has 0 saturated carbocycles. The van der Waals surface area contributed by atoms with E-state index in [4.69, 9.17) is 4.74 Å². The number of ether oxygens (including phenoxy) is 1. The van der Waals surface area contributed by atoms with Gasteiger partial charge in [-0.15, -0.1) is 0 Å². The van der Waals surface area contributed by atoms with Gasteiger partial charge < -0.3 is 4.74 Å². The highest BCUT2D eigenvalue weighted by molar-refractivity contribution is 5.80. The van der Waals surface area contributed by atoms with Crippen LogP contribution in [0.3, 0.4) is 0 Å². The zero-order chi connectivity index (χ0) is 9.26. The minimum atomic E-state index is 0.861. The summed E-state index contributed by atoms with van der Waals surface area (Å²) in [4.78, 5) is 4.18. The number of hydrogen-bond donors (Lipinski definition) is 0. The maximum Gasteiger partial charge on any atom is 0.119 e. The van der Waals surface area contributed by atoms with Crippen LogP contribution >= 0.6 is 0 Å². The minimum absolute atomic E-state index is 0.861. The van der Waals surface area contributed by atoms with Crippen molar-refractivity contribution in [3.05, 3.63) is 36.0 Å². The highest BCUT2D eigenvalue weighted by Gasteiger charge is 1.97. The fraction of sp³-hybridized carbons (Fsp3) is 0.182. The number of methoxy groups -OCH3 is 1. The van der Waals surface area contributed by atoms with Gasteiger partial charge in [0, 0.05) is 5.39 Å². The van der Waals surface area contributed by atoms with Crippen LogP contribution in [0.4, 0.5) is 0 Å². The van der Waals surface area contributed by atoms with E-state index in [1.165, 1.54) is 0 Å². The first kappa shape index (κ1) is 8.05. The van der Waals surface area contributed by atoms with Crippen LogP contribution in [-0.4, -0.2) is 12.1 Å². The molecule has 0 saturated heterocycles. The smallest absolute Gasteiger partial charge is 0.119 e. The summed E-state index contributed by atoms with van der Waals surface area (Å²) in [6.45, 7) is 1.98. The molecule has 0 aliphatic rings. The van der Waals surface area contributed by atoms with E-state index in [0.29, 0.717) is 0 Å². The molecule has 2 rings (SSSR count). The van der Waals surface area contributed by atoms with E-state index in [1.807, 2.05) is 31.2 Å². The lowest BCUT2D eigenvalue weighted by Crippen LogP contribution is -1.85. The highest BCUT2D eigenvalue weighted by atomic mass is 16.5. The van der Waals surface area contributed by atoms with E-state index in [9.17, 15) is 0 Å². The Morgan fingerprint density at radius 1 is 1.31 bits per heavy atom. The Morgan fingerprint density at radius 2 is 2.15 bits per heavy atom. The van der Waals surface area contributed by atoms with Gasteiger partial charge in [-0.1, -0.05) is 0 Å². The summed E-state index contributed by atoms with van der Waals surface area (Å²) in [6, 6.07) is 7.86. The van der Waals surface area contributed by atoms with Gasteiger partial charge in [-0.2, -0.15) is 0 Å². The average Bonchev–Trinajstić information content (AvgIpc) is 2.16. The molecule has 1 aromatic carbocycles. The van der Waals surface area contributed by atoms with E-state index in [1.54, 1.807) is 7.11 Å². The largest absolute Gasteiger partial charge is 0.497 e. The first-order chi connectivity index (χ1) is 6.29. The van der Waals surface area contributed by atoms with Crippen molar-refractivity contribution < 1.29 is 4.74 Å². The van der Waals surface area contributed by atoms with Crippen LogP contribution in [0.1, 0.15) is 5.56 Å². The summed E-state index contributed by atoms with van der Waals surface area (Å²) < 4.78 is 5.12. The second-order valence-corrected chi connectivity index (χ2v) is 2.98. The number of pyridine rings is 1. The van der Waals surface area contributed by atoms with Gasteiger partial charge in [0.2, 0.25) is 0 Å². The maximum absolute atomic E-state index is 5.12. The van der Waals surface area contributed by atoms with Crippen LogP contribution in [0, 0.1) is 13.1 Å². The highest BCUT2D eigenvalue weighted by Crippen LogP contribution is 2.19. The molecule has 65 valence electrons. The molecule has 0 unspecified atom stereocenters. The molecule has 0 spiro atoms. The summed E-state index contributed by atoms with van der Waals surface area (Å²) in [7, 11) is 1.66. The van der Waals surface area contributed by atoms with Crippen molar-refractivity contribution in [3.8, 4) is 5.75 Å². The molecule has 2 heteroatoms. The normalized spacial score (nSPS) is 10.3. The van der Waals surface area contributed by atoms with Crippen LogP contribution in [0.5, 0.6) is 5.75 Å². The molecular formula is C11H10NO. The second kappa shape index (κ2) is 3.05. The van der Waals surface area contributed by atoms with E-state index < -0.39 is 0 Å². The van der Waals surface area contributed by atoms with Crippen molar-refractivity contribution in [1.29, 1.82) is 0 Å². The molecule has 0 amide bonds. The third-order valence-electron chi connectivity index (χ3n) is 1.96. The summed E-state index contributed by atoms with van der Waals surface area (Å²) in [5, 5.41) is 1.09. The van der Waals surface area contributed by atoms with Crippen LogP contribution < -0.4 is 4.74 Å². The predicted molar refractivity (Wildman–Crippen MR) is 51.9 cm³/mol. The number of nitrogens with zero attached hydrogens (tertiary/aromatic N) is 1. The van der Waals surface area contributed by atoms with Crippen molar-refractivity contribution >= 4 is 10.9 Å². The van der Waals surface area contributed by atoms with Crippen molar-refractivity contribution in [3.63, 3.8) is 0 Å². The summed E-state index contributed by atoms with van der Waals surface area (Å²) in [5.74, 6) is 0.861. The number of benzene rings is 1. The van der Waals surface area contributed by atoms with Gasteiger partial charge in [-0.05, 0) is 36.8 Å². The van der Waals surface area contributed by atoms with Crippen molar-refractivity contribution in [2.45, 2.75) is 6.92 Å². The number of hydrogen-bond acceptors (Lipinski definition) is 2. The molecular weight excluding hydrogens is 162 g/mol. The predicted octanol–water partition coefficient (Wildman–Crippen LogP) is 2.35. The molecule has 1 radical (unpaired) electrons. The lowest BCUT2D eigenvalue weighted by atomic mass is 10.2.